The van der Waals surface area contributed by atoms with Gasteiger partial charge in [-0.3, -0.25) is 4.79 Å². The number of hydrogen-bond acceptors (Lipinski definition) is 3. The second-order valence-corrected chi connectivity index (χ2v) is 5.87. The number of carbonyl (C=O) groups is 2. The average molecular weight is 333 g/mol. The third kappa shape index (κ3) is 4.23. The van der Waals surface area contributed by atoms with Crippen LogP contribution in [0.2, 0.25) is 0 Å². The lowest BCUT2D eigenvalue weighted by molar-refractivity contribution is -0.133. The largest absolute Gasteiger partial charge is 0.452 e. The zero-order valence-corrected chi connectivity index (χ0v) is 14.0. The molecule has 0 radical (unpaired) electrons. The summed E-state index contributed by atoms with van der Waals surface area (Å²) in [5, 5.41) is 2.02. The first-order chi connectivity index (χ1) is 12.1. The molecule has 0 bridgehead atoms. The highest BCUT2D eigenvalue weighted by atomic mass is 16.5. The minimum absolute atomic E-state index is 0.238. The minimum atomic E-state index is -0.493. The fourth-order valence-corrected chi connectivity index (χ4v) is 2.58. The normalized spacial score (nSPS) is 10.4. The van der Waals surface area contributed by atoms with Crippen molar-refractivity contribution >= 4 is 22.6 Å². The molecule has 25 heavy (non-hydrogen) atoms. The van der Waals surface area contributed by atoms with Gasteiger partial charge < -0.3 is 9.64 Å². The van der Waals surface area contributed by atoms with Gasteiger partial charge in [-0.05, 0) is 28.5 Å². The van der Waals surface area contributed by atoms with Crippen LogP contribution in [0.3, 0.4) is 0 Å². The molecule has 4 nitrogen and oxygen atoms in total. The Morgan fingerprint density at radius 2 is 1.56 bits per heavy atom. The van der Waals surface area contributed by atoms with E-state index in [0.29, 0.717) is 12.1 Å². The molecular formula is C21H19NO3. The van der Waals surface area contributed by atoms with E-state index in [1.54, 1.807) is 24.1 Å². The Bertz CT molecular complexity index is 890. The highest BCUT2D eigenvalue weighted by Crippen LogP contribution is 2.16. The average Bonchev–Trinajstić information content (AvgIpc) is 2.66. The summed E-state index contributed by atoms with van der Waals surface area (Å²) in [7, 11) is 1.69. The molecule has 3 aromatic rings. The summed E-state index contributed by atoms with van der Waals surface area (Å²) in [6.07, 6.45) is 0. The molecule has 3 rings (SSSR count). The second kappa shape index (κ2) is 7.62. The standard InChI is InChI=1S/C21H19NO3/c1-22(14-16-7-3-2-4-8-16)20(23)15-25-21(24)19-12-11-17-9-5-6-10-18(17)13-19/h2-13H,14-15H2,1H3. The monoisotopic (exact) mass is 333 g/mol. The van der Waals surface area contributed by atoms with Crippen molar-refractivity contribution < 1.29 is 14.3 Å². The summed E-state index contributed by atoms with van der Waals surface area (Å²) < 4.78 is 5.17. The Hall–Kier alpha value is -3.14. The van der Waals surface area contributed by atoms with Crippen LogP contribution in [0.4, 0.5) is 0 Å². The maximum absolute atomic E-state index is 12.2. The number of rotatable bonds is 5. The van der Waals surface area contributed by atoms with Crippen LogP contribution in [-0.4, -0.2) is 30.4 Å². The number of esters is 1. The molecule has 0 aliphatic carbocycles. The van der Waals surface area contributed by atoms with Gasteiger partial charge >= 0.3 is 5.97 Å². The SMILES string of the molecule is CN(Cc1ccccc1)C(=O)COC(=O)c1ccc2ccccc2c1. The van der Waals surface area contributed by atoms with E-state index >= 15 is 0 Å². The third-order valence-corrected chi connectivity index (χ3v) is 4.00. The predicted octanol–water partition coefficient (Wildman–Crippen LogP) is 3.66. The first-order valence-electron chi connectivity index (χ1n) is 8.07. The summed E-state index contributed by atoms with van der Waals surface area (Å²) in [4.78, 5) is 25.9. The number of hydrogen-bond donors (Lipinski definition) is 0. The Balaban J connectivity index is 1.58. The van der Waals surface area contributed by atoms with Crippen molar-refractivity contribution in [1.82, 2.24) is 4.90 Å². The first kappa shape index (κ1) is 16.7. The Morgan fingerprint density at radius 3 is 2.32 bits per heavy atom. The number of benzene rings is 3. The number of ether oxygens (including phenoxy) is 1. The molecule has 0 atom stereocenters. The van der Waals surface area contributed by atoms with Gasteiger partial charge in [-0.25, -0.2) is 4.79 Å². The fourth-order valence-electron chi connectivity index (χ4n) is 2.58. The van der Waals surface area contributed by atoms with Crippen LogP contribution in [0.15, 0.2) is 72.8 Å². The van der Waals surface area contributed by atoms with E-state index in [4.69, 9.17) is 4.74 Å². The summed E-state index contributed by atoms with van der Waals surface area (Å²) in [6.45, 7) is 0.211. The molecule has 0 unspecified atom stereocenters. The molecule has 3 aromatic carbocycles. The van der Waals surface area contributed by atoms with Crippen molar-refractivity contribution in [3.8, 4) is 0 Å². The van der Waals surface area contributed by atoms with Gasteiger partial charge in [0, 0.05) is 13.6 Å². The van der Waals surface area contributed by atoms with Crippen LogP contribution < -0.4 is 0 Å². The van der Waals surface area contributed by atoms with Crippen molar-refractivity contribution in [2.75, 3.05) is 13.7 Å². The zero-order valence-electron chi connectivity index (χ0n) is 14.0. The van der Waals surface area contributed by atoms with Crippen LogP contribution in [0.1, 0.15) is 15.9 Å². The van der Waals surface area contributed by atoms with Crippen LogP contribution >= 0.6 is 0 Å². The van der Waals surface area contributed by atoms with Crippen molar-refractivity contribution in [1.29, 1.82) is 0 Å². The van der Waals surface area contributed by atoms with Gasteiger partial charge in [0.2, 0.25) is 0 Å². The lowest BCUT2D eigenvalue weighted by Crippen LogP contribution is -2.30. The smallest absolute Gasteiger partial charge is 0.338 e. The van der Waals surface area contributed by atoms with E-state index in [2.05, 4.69) is 0 Å². The first-order valence-corrected chi connectivity index (χ1v) is 8.07. The molecule has 4 heteroatoms. The molecule has 0 aromatic heterocycles. The molecule has 0 N–H and O–H groups in total. The zero-order chi connectivity index (χ0) is 17.6. The van der Waals surface area contributed by atoms with Crippen molar-refractivity contribution in [3.63, 3.8) is 0 Å². The van der Waals surface area contributed by atoms with E-state index in [9.17, 15) is 9.59 Å². The topological polar surface area (TPSA) is 46.6 Å². The Morgan fingerprint density at radius 1 is 0.880 bits per heavy atom. The fraction of sp³-hybridized carbons (Fsp3) is 0.143. The minimum Gasteiger partial charge on any atom is -0.452 e. The summed E-state index contributed by atoms with van der Waals surface area (Å²) >= 11 is 0. The lowest BCUT2D eigenvalue weighted by Gasteiger charge is -2.17. The van der Waals surface area contributed by atoms with Gasteiger partial charge in [-0.2, -0.15) is 0 Å². The molecule has 0 aliphatic rings. The number of amides is 1. The molecule has 0 saturated carbocycles. The van der Waals surface area contributed by atoms with Gasteiger partial charge in [0.15, 0.2) is 6.61 Å². The maximum atomic E-state index is 12.2. The van der Waals surface area contributed by atoms with Gasteiger partial charge in [0.05, 0.1) is 5.56 Å². The van der Waals surface area contributed by atoms with Crippen molar-refractivity contribution in [3.05, 3.63) is 83.9 Å². The molecule has 0 saturated heterocycles. The predicted molar refractivity (Wildman–Crippen MR) is 97.1 cm³/mol. The Kier molecular flexibility index (Phi) is 5.09. The summed E-state index contributed by atoms with van der Waals surface area (Å²) in [5.41, 5.74) is 1.47. The molecule has 0 aliphatic heterocycles. The quantitative estimate of drug-likeness (QED) is 0.670. The number of likely N-dealkylation sites (N-methyl/N-ethyl adjacent to an activating group) is 1. The number of fused-ring (bicyclic) bond motifs is 1. The summed E-state index contributed by atoms with van der Waals surface area (Å²) in [6, 6.07) is 22.8. The van der Waals surface area contributed by atoms with Crippen LogP contribution in [0, 0.1) is 0 Å². The molecular weight excluding hydrogens is 314 g/mol. The molecule has 126 valence electrons. The highest BCUT2D eigenvalue weighted by Gasteiger charge is 2.14. The Labute approximate surface area is 146 Å². The summed E-state index contributed by atoms with van der Waals surface area (Å²) in [5.74, 6) is -0.731. The van der Waals surface area contributed by atoms with E-state index in [0.717, 1.165) is 16.3 Å². The van der Waals surface area contributed by atoms with E-state index in [1.165, 1.54) is 0 Å². The van der Waals surface area contributed by atoms with Crippen molar-refractivity contribution in [2.45, 2.75) is 6.54 Å². The molecule has 1 amide bonds. The molecule has 0 fully saturated rings. The van der Waals surface area contributed by atoms with E-state index in [1.807, 2.05) is 60.7 Å². The van der Waals surface area contributed by atoms with Crippen LogP contribution in [-0.2, 0) is 16.1 Å². The van der Waals surface area contributed by atoms with Gasteiger partial charge in [0.25, 0.3) is 5.91 Å². The van der Waals surface area contributed by atoms with Gasteiger partial charge in [-0.15, -0.1) is 0 Å². The third-order valence-electron chi connectivity index (χ3n) is 4.00. The van der Waals surface area contributed by atoms with Crippen LogP contribution in [0.25, 0.3) is 10.8 Å². The van der Waals surface area contributed by atoms with E-state index < -0.39 is 5.97 Å². The van der Waals surface area contributed by atoms with Gasteiger partial charge in [-0.1, -0.05) is 60.7 Å². The molecule has 0 heterocycles. The molecule has 0 spiro atoms. The van der Waals surface area contributed by atoms with Gasteiger partial charge in [0.1, 0.15) is 0 Å². The number of nitrogens with zero attached hydrogens (tertiary/aromatic N) is 1. The van der Waals surface area contributed by atoms with Crippen molar-refractivity contribution in [2.24, 2.45) is 0 Å². The van der Waals surface area contributed by atoms with Crippen LogP contribution in [0.5, 0.6) is 0 Å². The highest BCUT2D eigenvalue weighted by molar-refractivity contribution is 5.96. The maximum Gasteiger partial charge on any atom is 0.338 e. The number of carbonyl (C=O) groups excluding carboxylic acids is 2. The second-order valence-electron chi connectivity index (χ2n) is 5.87. The lowest BCUT2D eigenvalue weighted by atomic mass is 10.1. The van der Waals surface area contributed by atoms with E-state index in [-0.39, 0.29) is 12.5 Å².